The van der Waals surface area contributed by atoms with Crippen LogP contribution < -0.4 is 11.1 Å². The van der Waals surface area contributed by atoms with E-state index in [1.165, 1.54) is 6.92 Å². The number of nitrogens with two attached hydrogens (primary N) is 1. The summed E-state index contributed by atoms with van der Waals surface area (Å²) >= 11 is 5.07. The highest BCUT2D eigenvalue weighted by Gasteiger charge is 2.28. The van der Waals surface area contributed by atoms with Gasteiger partial charge in [-0.2, -0.15) is 0 Å². The first-order valence-corrected chi connectivity index (χ1v) is 5.99. The van der Waals surface area contributed by atoms with E-state index in [-0.39, 0.29) is 11.7 Å². The van der Waals surface area contributed by atoms with Crippen molar-refractivity contribution in [1.29, 1.82) is 0 Å². The maximum atomic E-state index is 11.7. The fraction of sp³-hybridized carbons (Fsp3) is 0.250. The van der Waals surface area contributed by atoms with Crippen molar-refractivity contribution in [2.45, 2.75) is 13.0 Å². The lowest BCUT2D eigenvalue weighted by atomic mass is 10.3. The van der Waals surface area contributed by atoms with E-state index < -0.39 is 17.9 Å². The number of hydrogen-bond acceptors (Lipinski definition) is 4. The van der Waals surface area contributed by atoms with Crippen LogP contribution in [-0.4, -0.2) is 39.6 Å². The van der Waals surface area contributed by atoms with Gasteiger partial charge < -0.3 is 16.2 Å². The Morgan fingerprint density at radius 3 is 2.47 bits per heavy atom. The second-order valence-corrected chi connectivity index (χ2v) is 4.16. The lowest BCUT2D eigenvalue weighted by Crippen LogP contribution is -2.51. The van der Waals surface area contributed by atoms with Gasteiger partial charge in [0.1, 0.15) is 6.04 Å². The minimum absolute atomic E-state index is 0.0107. The summed E-state index contributed by atoms with van der Waals surface area (Å²) < 4.78 is 0. The van der Waals surface area contributed by atoms with Crippen LogP contribution >= 0.6 is 12.2 Å². The number of nitrogens with zero attached hydrogens (tertiary/aromatic N) is 1. The number of aliphatic carboxylic acids is 1. The van der Waals surface area contributed by atoms with Crippen molar-refractivity contribution in [1.82, 2.24) is 4.90 Å². The third kappa shape index (κ3) is 4.01. The average molecular weight is 281 g/mol. The Balaban J connectivity index is 2.89. The van der Waals surface area contributed by atoms with Gasteiger partial charge in [-0.3, -0.25) is 9.69 Å². The highest BCUT2D eigenvalue weighted by molar-refractivity contribution is 7.80. The summed E-state index contributed by atoms with van der Waals surface area (Å²) in [4.78, 5) is 23.7. The lowest BCUT2D eigenvalue weighted by molar-refractivity contribution is -0.145. The Bertz CT molecular complexity index is 478. The minimum atomic E-state index is -1.15. The molecule has 4 N–H and O–H groups in total. The Hall–Kier alpha value is -1.99. The second-order valence-electron chi connectivity index (χ2n) is 3.78. The molecule has 6 nitrogen and oxygen atoms in total. The van der Waals surface area contributed by atoms with Crippen LogP contribution in [0.5, 0.6) is 0 Å². The Morgan fingerprint density at radius 1 is 1.42 bits per heavy atom. The number of hydrogen-bond donors (Lipinski definition) is 3. The maximum Gasteiger partial charge on any atom is 0.326 e. The molecule has 0 aliphatic carbocycles. The number of benzene rings is 1. The normalized spacial score (nSPS) is 11.5. The quantitative estimate of drug-likeness (QED) is 0.701. The molecule has 0 heterocycles. The number of carbonyl (C=O) groups excluding carboxylic acids is 1. The molecule has 0 saturated heterocycles. The summed E-state index contributed by atoms with van der Waals surface area (Å²) in [6, 6.07) is 7.84. The van der Waals surface area contributed by atoms with Gasteiger partial charge in [0, 0.05) is 5.69 Å². The zero-order chi connectivity index (χ0) is 14.4. The van der Waals surface area contributed by atoms with Crippen molar-refractivity contribution in [3.63, 3.8) is 0 Å². The van der Waals surface area contributed by atoms with Crippen molar-refractivity contribution < 1.29 is 14.7 Å². The predicted molar refractivity (Wildman–Crippen MR) is 75.7 cm³/mol. The fourth-order valence-corrected chi connectivity index (χ4v) is 1.80. The van der Waals surface area contributed by atoms with Crippen LogP contribution in [0.15, 0.2) is 30.3 Å². The summed E-state index contributed by atoms with van der Waals surface area (Å²) in [6.45, 7) is 1.06. The standard InChI is InChI=1S/C12H15N3O3S/c1-8(11(17)18)15(10(16)7-13)12(19)14-9-5-3-2-4-6-9/h2-6,8H,7,13H2,1H3,(H,14,19)(H,17,18). The van der Waals surface area contributed by atoms with Crippen LogP contribution in [0, 0.1) is 0 Å². The van der Waals surface area contributed by atoms with E-state index in [1.54, 1.807) is 24.3 Å². The van der Waals surface area contributed by atoms with Gasteiger partial charge in [0.05, 0.1) is 6.54 Å². The van der Waals surface area contributed by atoms with Crippen LogP contribution in [0.25, 0.3) is 0 Å². The molecule has 1 aromatic carbocycles. The number of amides is 1. The fourth-order valence-electron chi connectivity index (χ4n) is 1.42. The lowest BCUT2D eigenvalue weighted by Gasteiger charge is -2.26. The molecule has 102 valence electrons. The molecule has 1 aromatic rings. The molecule has 7 heteroatoms. The molecule has 0 aromatic heterocycles. The molecule has 0 saturated carbocycles. The van der Waals surface area contributed by atoms with Crippen LogP contribution in [0.2, 0.25) is 0 Å². The number of nitrogens with one attached hydrogen (secondary N) is 1. The summed E-state index contributed by atoms with van der Waals surface area (Å²) in [5.41, 5.74) is 5.94. The van der Waals surface area contributed by atoms with E-state index >= 15 is 0 Å². The molecule has 0 spiro atoms. The minimum Gasteiger partial charge on any atom is -0.480 e. The average Bonchev–Trinajstić information content (AvgIpc) is 2.39. The van der Waals surface area contributed by atoms with Gasteiger partial charge in [0.25, 0.3) is 0 Å². The second kappa shape index (κ2) is 6.81. The molecule has 0 fully saturated rings. The van der Waals surface area contributed by atoms with Gasteiger partial charge in [-0.1, -0.05) is 18.2 Å². The largest absolute Gasteiger partial charge is 0.480 e. The first-order chi connectivity index (χ1) is 8.97. The summed E-state index contributed by atoms with van der Waals surface area (Å²) in [5.74, 6) is -1.71. The van der Waals surface area contributed by atoms with E-state index in [4.69, 9.17) is 23.1 Å². The van der Waals surface area contributed by atoms with Crippen molar-refractivity contribution in [3.8, 4) is 0 Å². The smallest absolute Gasteiger partial charge is 0.326 e. The van der Waals surface area contributed by atoms with Crippen molar-refractivity contribution in [2.24, 2.45) is 5.73 Å². The molecule has 0 radical (unpaired) electrons. The number of anilines is 1. The Kier molecular flexibility index (Phi) is 5.40. The van der Waals surface area contributed by atoms with Crippen LogP contribution in [0.4, 0.5) is 5.69 Å². The van der Waals surface area contributed by atoms with Gasteiger partial charge in [-0.15, -0.1) is 0 Å². The van der Waals surface area contributed by atoms with Crippen LogP contribution in [-0.2, 0) is 9.59 Å². The Morgan fingerprint density at radius 2 is 2.00 bits per heavy atom. The van der Waals surface area contributed by atoms with Gasteiger partial charge in [-0.25, -0.2) is 4.79 Å². The monoisotopic (exact) mass is 281 g/mol. The summed E-state index contributed by atoms with van der Waals surface area (Å²) in [5, 5.41) is 11.8. The molecule has 19 heavy (non-hydrogen) atoms. The predicted octanol–water partition coefficient (Wildman–Crippen LogP) is 0.644. The molecular formula is C12H15N3O3S. The van der Waals surface area contributed by atoms with E-state index in [9.17, 15) is 9.59 Å². The van der Waals surface area contributed by atoms with Crippen LogP contribution in [0.3, 0.4) is 0 Å². The number of thiocarbonyl (C=S) groups is 1. The number of rotatable bonds is 4. The molecule has 1 rings (SSSR count). The number of carbonyl (C=O) groups is 2. The van der Waals surface area contributed by atoms with Crippen molar-refractivity contribution >= 4 is 34.9 Å². The zero-order valence-electron chi connectivity index (χ0n) is 10.4. The van der Waals surface area contributed by atoms with E-state index in [0.717, 1.165) is 4.90 Å². The number of para-hydroxylation sites is 1. The molecule has 0 bridgehead atoms. The van der Waals surface area contributed by atoms with Gasteiger partial charge in [-0.05, 0) is 31.3 Å². The van der Waals surface area contributed by atoms with E-state index in [0.29, 0.717) is 5.69 Å². The molecule has 1 atom stereocenters. The maximum absolute atomic E-state index is 11.7. The molecule has 0 aliphatic rings. The summed E-state index contributed by atoms with van der Waals surface area (Å²) in [7, 11) is 0. The zero-order valence-corrected chi connectivity index (χ0v) is 11.2. The highest BCUT2D eigenvalue weighted by atomic mass is 32.1. The van der Waals surface area contributed by atoms with Gasteiger partial charge in [0.15, 0.2) is 5.11 Å². The third-order valence-corrected chi connectivity index (χ3v) is 2.73. The third-order valence-electron chi connectivity index (χ3n) is 2.43. The first-order valence-electron chi connectivity index (χ1n) is 5.58. The molecule has 1 amide bonds. The molecule has 1 unspecified atom stereocenters. The van der Waals surface area contributed by atoms with E-state index in [2.05, 4.69) is 5.32 Å². The van der Waals surface area contributed by atoms with Gasteiger partial charge >= 0.3 is 5.97 Å². The van der Waals surface area contributed by atoms with Gasteiger partial charge in [0.2, 0.25) is 5.91 Å². The first kappa shape index (κ1) is 15.1. The highest BCUT2D eigenvalue weighted by Crippen LogP contribution is 2.09. The van der Waals surface area contributed by atoms with Crippen LogP contribution in [0.1, 0.15) is 6.92 Å². The Labute approximate surface area is 116 Å². The molecule has 0 aliphatic heterocycles. The number of carboxylic acids is 1. The SMILES string of the molecule is CC(C(=O)O)N(C(=O)CN)C(=S)Nc1ccccc1. The van der Waals surface area contributed by atoms with Crippen molar-refractivity contribution in [2.75, 3.05) is 11.9 Å². The van der Waals surface area contributed by atoms with E-state index in [1.807, 2.05) is 6.07 Å². The summed E-state index contributed by atoms with van der Waals surface area (Å²) in [6.07, 6.45) is 0. The van der Waals surface area contributed by atoms with Crippen molar-refractivity contribution in [3.05, 3.63) is 30.3 Å². The topological polar surface area (TPSA) is 95.7 Å². The molecular weight excluding hydrogens is 266 g/mol. The number of carboxylic acid groups (broad SMARTS) is 1.